The molecule has 1 heterocycles. The van der Waals surface area contributed by atoms with E-state index in [0.717, 1.165) is 11.8 Å². The zero-order valence-corrected chi connectivity index (χ0v) is 11.7. The van der Waals surface area contributed by atoms with E-state index >= 15 is 0 Å². The number of carbonyl (C=O) groups excluding carboxylic acids is 1. The molecule has 0 unspecified atom stereocenters. The van der Waals surface area contributed by atoms with Crippen molar-refractivity contribution in [1.29, 1.82) is 0 Å². The predicted octanol–water partition coefficient (Wildman–Crippen LogP) is 2.35. The fraction of sp³-hybridized carbons (Fsp3) is 0.250. The third-order valence-electron chi connectivity index (χ3n) is 2.50. The van der Waals surface area contributed by atoms with E-state index < -0.39 is 11.9 Å². The topological polar surface area (TPSA) is 93.9 Å². The van der Waals surface area contributed by atoms with Crippen molar-refractivity contribution in [2.75, 3.05) is 5.73 Å². The summed E-state index contributed by atoms with van der Waals surface area (Å²) in [5, 5.41) is 6.22. The van der Waals surface area contributed by atoms with Crippen LogP contribution in [-0.4, -0.2) is 32.8 Å². The van der Waals surface area contributed by atoms with Gasteiger partial charge in [0.2, 0.25) is 11.1 Å². The standard InChI is InChI=1S/C12H12F2N4O2S/c1-6(21-12-16-11(15)17-18-12)9(19)7-2-4-8(5-3-7)20-10(13)14/h2-6,10H,1H3,(H3,15,16,17,18)/t6-/m0/s1. The number of carbonyl (C=O) groups is 1. The number of aromatic amines is 1. The number of rotatable bonds is 6. The van der Waals surface area contributed by atoms with Gasteiger partial charge in [-0.15, -0.1) is 5.10 Å². The van der Waals surface area contributed by atoms with E-state index in [1.54, 1.807) is 6.92 Å². The van der Waals surface area contributed by atoms with Crippen LogP contribution in [0.1, 0.15) is 17.3 Å². The van der Waals surface area contributed by atoms with Gasteiger partial charge in [-0.2, -0.15) is 13.8 Å². The zero-order chi connectivity index (χ0) is 15.4. The minimum Gasteiger partial charge on any atom is -0.435 e. The van der Waals surface area contributed by atoms with Crippen LogP contribution >= 0.6 is 11.8 Å². The summed E-state index contributed by atoms with van der Waals surface area (Å²) in [6.45, 7) is -1.19. The molecule has 3 N–H and O–H groups in total. The lowest BCUT2D eigenvalue weighted by Crippen LogP contribution is -2.13. The number of nitrogens with zero attached hydrogens (tertiary/aromatic N) is 2. The highest BCUT2D eigenvalue weighted by molar-refractivity contribution is 8.00. The fourth-order valence-corrected chi connectivity index (χ4v) is 2.37. The van der Waals surface area contributed by atoms with Gasteiger partial charge in [0, 0.05) is 5.56 Å². The van der Waals surface area contributed by atoms with Crippen molar-refractivity contribution < 1.29 is 18.3 Å². The molecule has 0 aliphatic rings. The first-order valence-corrected chi connectivity index (χ1v) is 6.77. The second kappa shape index (κ2) is 6.53. The number of halogens is 2. The highest BCUT2D eigenvalue weighted by atomic mass is 32.2. The average molecular weight is 314 g/mol. The number of Topliss-reactive ketones (excluding diaryl/α,β-unsaturated/α-hetero) is 1. The van der Waals surface area contributed by atoms with Crippen LogP contribution in [-0.2, 0) is 0 Å². The van der Waals surface area contributed by atoms with Crippen LogP contribution in [0.4, 0.5) is 14.7 Å². The molecule has 0 bridgehead atoms. The van der Waals surface area contributed by atoms with Crippen molar-refractivity contribution in [3.05, 3.63) is 29.8 Å². The maximum atomic E-state index is 12.2. The van der Waals surface area contributed by atoms with Gasteiger partial charge in [0.25, 0.3) is 0 Å². The number of hydrogen-bond acceptors (Lipinski definition) is 6. The van der Waals surface area contributed by atoms with Crippen molar-refractivity contribution in [3.8, 4) is 5.75 Å². The Kier molecular flexibility index (Phi) is 4.73. The molecule has 0 saturated carbocycles. The Balaban J connectivity index is 2.01. The average Bonchev–Trinajstić information content (AvgIpc) is 2.83. The number of H-pyrrole nitrogens is 1. The molecule has 1 aromatic carbocycles. The maximum Gasteiger partial charge on any atom is 0.387 e. The largest absolute Gasteiger partial charge is 0.435 e. The second-order valence-electron chi connectivity index (χ2n) is 4.03. The third-order valence-corrected chi connectivity index (χ3v) is 3.46. The van der Waals surface area contributed by atoms with Crippen molar-refractivity contribution in [3.63, 3.8) is 0 Å². The Morgan fingerprint density at radius 2 is 2.05 bits per heavy atom. The van der Waals surface area contributed by atoms with Crippen LogP contribution in [0.3, 0.4) is 0 Å². The molecule has 0 saturated heterocycles. The van der Waals surface area contributed by atoms with E-state index in [-0.39, 0.29) is 17.5 Å². The summed E-state index contributed by atoms with van der Waals surface area (Å²) in [5.74, 6) is 0.00113. The summed E-state index contributed by atoms with van der Waals surface area (Å²) in [5.41, 5.74) is 5.78. The Morgan fingerprint density at radius 3 is 2.57 bits per heavy atom. The second-order valence-corrected chi connectivity index (χ2v) is 5.34. The first-order valence-electron chi connectivity index (χ1n) is 5.89. The van der Waals surface area contributed by atoms with Gasteiger partial charge in [-0.3, -0.25) is 4.79 Å². The molecule has 6 nitrogen and oxygen atoms in total. The number of ether oxygens (including phenoxy) is 1. The number of hydrogen-bond donors (Lipinski definition) is 2. The van der Waals surface area contributed by atoms with Crippen LogP contribution in [0.5, 0.6) is 5.75 Å². The van der Waals surface area contributed by atoms with E-state index in [1.165, 1.54) is 24.3 Å². The number of nitrogens with one attached hydrogen (secondary N) is 1. The van der Waals surface area contributed by atoms with Gasteiger partial charge < -0.3 is 10.5 Å². The van der Waals surface area contributed by atoms with Crippen LogP contribution in [0.25, 0.3) is 0 Å². The third kappa shape index (κ3) is 4.15. The van der Waals surface area contributed by atoms with Crippen LogP contribution in [0, 0.1) is 0 Å². The summed E-state index contributed by atoms with van der Waals surface area (Å²) >= 11 is 1.15. The van der Waals surface area contributed by atoms with E-state index in [2.05, 4.69) is 19.9 Å². The summed E-state index contributed by atoms with van der Waals surface area (Å²) in [4.78, 5) is 16.1. The molecular formula is C12H12F2N4O2S. The van der Waals surface area contributed by atoms with Crippen LogP contribution < -0.4 is 10.5 Å². The van der Waals surface area contributed by atoms with Gasteiger partial charge in [0.15, 0.2) is 5.78 Å². The van der Waals surface area contributed by atoms with Gasteiger partial charge >= 0.3 is 6.61 Å². The number of nitrogens with two attached hydrogens (primary N) is 1. The number of nitrogen functional groups attached to an aromatic ring is 1. The molecule has 1 aromatic heterocycles. The lowest BCUT2D eigenvalue weighted by atomic mass is 10.1. The number of benzene rings is 1. The number of thioether (sulfide) groups is 1. The zero-order valence-electron chi connectivity index (χ0n) is 10.9. The molecule has 0 fully saturated rings. The van der Waals surface area contributed by atoms with E-state index in [4.69, 9.17) is 5.73 Å². The highest BCUT2D eigenvalue weighted by Gasteiger charge is 2.18. The minimum absolute atomic E-state index is 0.00333. The molecular weight excluding hydrogens is 302 g/mol. The number of anilines is 1. The lowest BCUT2D eigenvalue weighted by Gasteiger charge is -2.09. The molecule has 9 heteroatoms. The number of alkyl halides is 2. The highest BCUT2D eigenvalue weighted by Crippen LogP contribution is 2.24. The Hall–Kier alpha value is -2.16. The van der Waals surface area contributed by atoms with Gasteiger partial charge in [0.1, 0.15) is 5.75 Å². The molecule has 0 radical (unpaired) electrons. The van der Waals surface area contributed by atoms with E-state index in [0.29, 0.717) is 10.7 Å². The van der Waals surface area contributed by atoms with Gasteiger partial charge in [-0.1, -0.05) is 11.8 Å². The molecule has 0 aliphatic heterocycles. The summed E-state index contributed by atoms with van der Waals surface area (Å²) in [7, 11) is 0. The van der Waals surface area contributed by atoms with Crippen LogP contribution in [0.15, 0.2) is 29.4 Å². The molecule has 1 atom stereocenters. The predicted molar refractivity (Wildman–Crippen MR) is 73.5 cm³/mol. The van der Waals surface area contributed by atoms with Gasteiger partial charge in [0.05, 0.1) is 5.25 Å². The van der Waals surface area contributed by atoms with Crippen molar-refractivity contribution in [2.24, 2.45) is 0 Å². The Labute approximate surface area is 123 Å². The maximum absolute atomic E-state index is 12.2. The normalized spacial score (nSPS) is 12.4. The minimum atomic E-state index is -2.89. The van der Waals surface area contributed by atoms with Crippen molar-refractivity contribution in [2.45, 2.75) is 23.9 Å². The lowest BCUT2D eigenvalue weighted by molar-refractivity contribution is -0.0498. The summed E-state index contributed by atoms with van der Waals surface area (Å²) in [6.07, 6.45) is 0. The van der Waals surface area contributed by atoms with Crippen molar-refractivity contribution >= 4 is 23.5 Å². The van der Waals surface area contributed by atoms with Crippen molar-refractivity contribution in [1.82, 2.24) is 15.2 Å². The fourth-order valence-electron chi connectivity index (χ4n) is 1.56. The van der Waals surface area contributed by atoms with E-state index in [1.807, 2.05) is 0 Å². The molecule has 0 aliphatic carbocycles. The first kappa shape index (κ1) is 15.2. The molecule has 21 heavy (non-hydrogen) atoms. The summed E-state index contributed by atoms with van der Waals surface area (Å²) in [6, 6.07) is 5.51. The molecule has 2 rings (SSSR count). The Morgan fingerprint density at radius 1 is 1.38 bits per heavy atom. The smallest absolute Gasteiger partial charge is 0.387 e. The first-order chi connectivity index (χ1) is 9.95. The quantitative estimate of drug-likeness (QED) is 0.628. The van der Waals surface area contributed by atoms with E-state index in [9.17, 15) is 13.6 Å². The van der Waals surface area contributed by atoms with Gasteiger partial charge in [-0.25, -0.2) is 5.10 Å². The monoisotopic (exact) mass is 314 g/mol. The van der Waals surface area contributed by atoms with Gasteiger partial charge in [-0.05, 0) is 31.2 Å². The number of aromatic nitrogens is 3. The summed E-state index contributed by atoms with van der Waals surface area (Å²) < 4.78 is 28.3. The molecule has 112 valence electrons. The molecule has 0 amide bonds. The Bertz CT molecular complexity index is 618. The number of ketones is 1. The molecule has 0 spiro atoms. The molecule has 2 aromatic rings. The van der Waals surface area contributed by atoms with Crippen LogP contribution in [0.2, 0.25) is 0 Å². The SMILES string of the molecule is C[C@H](Sc1n[nH]c(N)n1)C(=O)c1ccc(OC(F)F)cc1.